The topological polar surface area (TPSA) is 105 Å². The van der Waals surface area contributed by atoms with E-state index < -0.39 is 0 Å². The first kappa shape index (κ1) is 17.2. The first-order valence-corrected chi connectivity index (χ1v) is 8.78. The van der Waals surface area contributed by atoms with Crippen molar-refractivity contribution in [2.75, 3.05) is 6.54 Å². The maximum absolute atomic E-state index is 12.2. The molecule has 0 spiro atoms. The Labute approximate surface area is 148 Å². The summed E-state index contributed by atoms with van der Waals surface area (Å²) in [5.74, 6) is 0.0667. The second kappa shape index (κ2) is 7.06. The van der Waals surface area contributed by atoms with Crippen LogP contribution in [0.1, 0.15) is 39.7 Å². The Bertz CT molecular complexity index is 893. The van der Waals surface area contributed by atoms with Gasteiger partial charge in [0.05, 0.1) is 17.1 Å². The SMILES string of the molecule is CC(C)CNC(=O)c1cc2c(CNC(=O)c3ccn[nH]3)nn(C)c2s1. The number of aryl methyl sites for hydroxylation is 1. The second-order valence-corrected chi connectivity index (χ2v) is 7.19. The van der Waals surface area contributed by atoms with Crippen molar-refractivity contribution < 1.29 is 9.59 Å². The number of carbonyl (C=O) groups excluding carboxylic acids is 2. The predicted octanol–water partition coefficient (Wildman–Crippen LogP) is 1.67. The van der Waals surface area contributed by atoms with Crippen LogP contribution in [0.15, 0.2) is 18.3 Å². The fourth-order valence-electron chi connectivity index (χ4n) is 2.38. The molecule has 0 saturated heterocycles. The molecule has 25 heavy (non-hydrogen) atoms. The molecule has 0 atom stereocenters. The van der Waals surface area contributed by atoms with E-state index in [4.69, 9.17) is 0 Å². The van der Waals surface area contributed by atoms with Crippen molar-refractivity contribution in [2.24, 2.45) is 13.0 Å². The lowest BCUT2D eigenvalue weighted by Gasteiger charge is -2.05. The number of carbonyl (C=O) groups is 2. The molecule has 9 heteroatoms. The summed E-state index contributed by atoms with van der Waals surface area (Å²) in [7, 11) is 1.83. The first-order valence-electron chi connectivity index (χ1n) is 7.97. The van der Waals surface area contributed by atoms with Gasteiger partial charge in [0, 0.05) is 25.2 Å². The van der Waals surface area contributed by atoms with E-state index in [2.05, 4.69) is 39.8 Å². The molecule has 0 bridgehead atoms. The molecule has 2 amide bonds. The van der Waals surface area contributed by atoms with Gasteiger partial charge in [-0.05, 0) is 18.1 Å². The summed E-state index contributed by atoms with van der Waals surface area (Å²) < 4.78 is 1.73. The Morgan fingerprint density at radius 3 is 2.80 bits per heavy atom. The lowest BCUT2D eigenvalue weighted by Crippen LogP contribution is -2.26. The minimum absolute atomic E-state index is 0.0812. The standard InChI is InChI=1S/C16H20N6O2S/c1-9(2)7-17-15(24)13-6-10-12(21-22(3)16(10)25-13)8-18-14(23)11-4-5-19-20-11/h4-6,9H,7-8H2,1-3H3,(H,17,24)(H,18,23)(H,19,20). The average Bonchev–Trinajstić information content (AvgIpc) is 3.29. The molecule has 3 aromatic rings. The minimum atomic E-state index is -0.249. The number of thiophene rings is 1. The van der Waals surface area contributed by atoms with E-state index in [0.717, 1.165) is 15.9 Å². The zero-order chi connectivity index (χ0) is 18.0. The molecule has 0 aliphatic rings. The smallest absolute Gasteiger partial charge is 0.269 e. The van der Waals surface area contributed by atoms with Crippen LogP contribution in [0.5, 0.6) is 0 Å². The van der Waals surface area contributed by atoms with Gasteiger partial charge in [0.25, 0.3) is 11.8 Å². The Balaban J connectivity index is 1.75. The summed E-state index contributed by atoms with van der Waals surface area (Å²) in [5.41, 5.74) is 1.12. The van der Waals surface area contributed by atoms with Crippen molar-refractivity contribution in [1.29, 1.82) is 0 Å². The van der Waals surface area contributed by atoms with Gasteiger partial charge in [0.15, 0.2) is 0 Å². The Kier molecular flexibility index (Phi) is 4.84. The fraction of sp³-hybridized carbons (Fsp3) is 0.375. The number of amides is 2. The number of aromatic nitrogens is 4. The number of nitrogens with one attached hydrogen (secondary N) is 3. The molecule has 0 saturated carbocycles. The third-order valence-electron chi connectivity index (χ3n) is 3.64. The monoisotopic (exact) mass is 360 g/mol. The highest BCUT2D eigenvalue weighted by molar-refractivity contribution is 7.20. The van der Waals surface area contributed by atoms with E-state index in [9.17, 15) is 9.59 Å². The van der Waals surface area contributed by atoms with Crippen LogP contribution in [-0.4, -0.2) is 38.3 Å². The van der Waals surface area contributed by atoms with Gasteiger partial charge in [0.2, 0.25) is 0 Å². The summed E-state index contributed by atoms with van der Waals surface area (Å²) in [5, 5.41) is 17.4. The minimum Gasteiger partial charge on any atom is -0.351 e. The van der Waals surface area contributed by atoms with Crippen LogP contribution in [0.25, 0.3) is 10.2 Å². The lowest BCUT2D eigenvalue weighted by atomic mass is 10.2. The first-order chi connectivity index (χ1) is 12.0. The van der Waals surface area contributed by atoms with Crippen LogP contribution in [0.2, 0.25) is 0 Å². The third kappa shape index (κ3) is 3.71. The number of hydrogen-bond acceptors (Lipinski definition) is 5. The van der Waals surface area contributed by atoms with Crippen LogP contribution in [-0.2, 0) is 13.6 Å². The molecule has 0 aromatic carbocycles. The van der Waals surface area contributed by atoms with E-state index in [0.29, 0.717) is 23.0 Å². The van der Waals surface area contributed by atoms with E-state index in [1.54, 1.807) is 10.7 Å². The van der Waals surface area contributed by atoms with Gasteiger partial charge in [-0.1, -0.05) is 13.8 Å². The van der Waals surface area contributed by atoms with Crippen LogP contribution in [0, 0.1) is 5.92 Å². The number of fused-ring (bicyclic) bond motifs is 1. The molecular weight excluding hydrogens is 340 g/mol. The number of nitrogens with zero attached hydrogens (tertiary/aromatic N) is 3. The van der Waals surface area contributed by atoms with E-state index >= 15 is 0 Å². The lowest BCUT2D eigenvalue weighted by molar-refractivity contribution is 0.0940. The van der Waals surface area contributed by atoms with E-state index in [-0.39, 0.29) is 18.4 Å². The Morgan fingerprint density at radius 1 is 1.32 bits per heavy atom. The zero-order valence-electron chi connectivity index (χ0n) is 14.3. The average molecular weight is 360 g/mol. The number of rotatable bonds is 6. The number of H-pyrrole nitrogens is 1. The molecule has 3 aromatic heterocycles. The fourth-order valence-corrected chi connectivity index (χ4v) is 3.39. The normalized spacial score (nSPS) is 11.2. The Hall–Kier alpha value is -2.68. The van der Waals surface area contributed by atoms with E-state index in [1.165, 1.54) is 17.5 Å². The highest BCUT2D eigenvalue weighted by Crippen LogP contribution is 2.28. The van der Waals surface area contributed by atoms with Crippen molar-refractivity contribution >= 4 is 33.4 Å². The van der Waals surface area contributed by atoms with Crippen molar-refractivity contribution in [3.8, 4) is 0 Å². The maximum atomic E-state index is 12.2. The Morgan fingerprint density at radius 2 is 2.12 bits per heavy atom. The quantitative estimate of drug-likeness (QED) is 0.622. The molecule has 0 fully saturated rings. The van der Waals surface area contributed by atoms with Gasteiger partial charge in [0.1, 0.15) is 10.5 Å². The summed E-state index contributed by atoms with van der Waals surface area (Å²) in [6.07, 6.45) is 1.52. The molecule has 0 aliphatic heterocycles. The molecule has 3 rings (SSSR count). The highest BCUT2D eigenvalue weighted by atomic mass is 32.1. The number of hydrogen-bond donors (Lipinski definition) is 3. The van der Waals surface area contributed by atoms with Crippen molar-refractivity contribution in [3.63, 3.8) is 0 Å². The molecule has 3 N–H and O–H groups in total. The number of aromatic amines is 1. The molecular formula is C16H20N6O2S. The molecule has 132 valence electrons. The van der Waals surface area contributed by atoms with Gasteiger partial charge < -0.3 is 10.6 Å². The molecule has 8 nitrogen and oxygen atoms in total. The van der Waals surface area contributed by atoms with Crippen molar-refractivity contribution in [3.05, 3.63) is 34.6 Å². The van der Waals surface area contributed by atoms with Crippen molar-refractivity contribution in [2.45, 2.75) is 20.4 Å². The maximum Gasteiger partial charge on any atom is 0.269 e. The summed E-state index contributed by atoms with van der Waals surface area (Å²) in [6, 6.07) is 3.44. The molecule has 0 unspecified atom stereocenters. The molecule has 3 heterocycles. The van der Waals surface area contributed by atoms with Gasteiger partial charge in [-0.25, -0.2) is 0 Å². The van der Waals surface area contributed by atoms with E-state index in [1.807, 2.05) is 13.1 Å². The van der Waals surface area contributed by atoms with Crippen LogP contribution >= 0.6 is 11.3 Å². The van der Waals surface area contributed by atoms with Crippen LogP contribution < -0.4 is 10.6 Å². The predicted molar refractivity (Wildman–Crippen MR) is 95.5 cm³/mol. The van der Waals surface area contributed by atoms with Gasteiger partial charge in [-0.3, -0.25) is 19.4 Å². The van der Waals surface area contributed by atoms with Crippen molar-refractivity contribution in [1.82, 2.24) is 30.6 Å². The molecule has 0 radical (unpaired) electrons. The van der Waals surface area contributed by atoms with Crippen LogP contribution in [0.3, 0.4) is 0 Å². The van der Waals surface area contributed by atoms with Gasteiger partial charge >= 0.3 is 0 Å². The summed E-state index contributed by atoms with van der Waals surface area (Å²) in [6.45, 7) is 5.02. The summed E-state index contributed by atoms with van der Waals surface area (Å²) in [4.78, 5) is 25.8. The third-order valence-corrected chi connectivity index (χ3v) is 4.85. The summed E-state index contributed by atoms with van der Waals surface area (Å²) >= 11 is 1.40. The zero-order valence-corrected chi connectivity index (χ0v) is 15.1. The van der Waals surface area contributed by atoms with Gasteiger partial charge in [-0.2, -0.15) is 10.2 Å². The molecule has 0 aliphatic carbocycles. The van der Waals surface area contributed by atoms with Gasteiger partial charge in [-0.15, -0.1) is 11.3 Å². The largest absolute Gasteiger partial charge is 0.351 e. The van der Waals surface area contributed by atoms with Crippen LogP contribution in [0.4, 0.5) is 0 Å². The highest BCUT2D eigenvalue weighted by Gasteiger charge is 2.17. The second-order valence-electron chi connectivity index (χ2n) is 6.16.